The molecular formula is C17H24FN3. The summed E-state index contributed by atoms with van der Waals surface area (Å²) in [5, 5.41) is 12.5. The second kappa shape index (κ2) is 7.53. The average molecular weight is 289 g/mol. The van der Waals surface area contributed by atoms with Crippen LogP contribution in [0, 0.1) is 17.1 Å². The molecule has 21 heavy (non-hydrogen) atoms. The fourth-order valence-electron chi connectivity index (χ4n) is 2.81. The van der Waals surface area contributed by atoms with Crippen LogP contribution in [0.25, 0.3) is 0 Å². The summed E-state index contributed by atoms with van der Waals surface area (Å²) in [4.78, 5) is 2.39. The van der Waals surface area contributed by atoms with Gasteiger partial charge in [-0.3, -0.25) is 4.90 Å². The molecule has 0 aliphatic carbocycles. The number of hydrogen-bond donors (Lipinski definition) is 1. The molecule has 1 aromatic rings. The molecule has 1 saturated heterocycles. The van der Waals surface area contributed by atoms with Crippen LogP contribution in [-0.4, -0.2) is 30.1 Å². The topological polar surface area (TPSA) is 39.1 Å². The summed E-state index contributed by atoms with van der Waals surface area (Å²) >= 11 is 0. The van der Waals surface area contributed by atoms with Gasteiger partial charge in [0, 0.05) is 25.2 Å². The van der Waals surface area contributed by atoms with Crippen LogP contribution in [0.2, 0.25) is 0 Å². The van der Waals surface area contributed by atoms with E-state index in [2.05, 4.69) is 24.1 Å². The number of benzene rings is 1. The monoisotopic (exact) mass is 289 g/mol. The minimum Gasteiger partial charge on any atom is -0.313 e. The maximum Gasteiger partial charge on any atom is 0.140 e. The molecule has 1 N–H and O–H groups in total. The van der Waals surface area contributed by atoms with Crippen molar-refractivity contribution in [1.29, 1.82) is 5.26 Å². The van der Waals surface area contributed by atoms with E-state index in [1.807, 2.05) is 6.07 Å². The Balaban J connectivity index is 2.03. The Morgan fingerprint density at radius 2 is 2.24 bits per heavy atom. The zero-order valence-corrected chi connectivity index (χ0v) is 12.9. The fourth-order valence-corrected chi connectivity index (χ4v) is 2.81. The van der Waals surface area contributed by atoms with Gasteiger partial charge in [-0.05, 0) is 50.9 Å². The van der Waals surface area contributed by atoms with Crippen LogP contribution in [0.1, 0.15) is 44.2 Å². The lowest BCUT2D eigenvalue weighted by Gasteiger charge is -2.33. The minimum absolute atomic E-state index is 0.131. The smallest absolute Gasteiger partial charge is 0.140 e. The molecule has 0 saturated carbocycles. The van der Waals surface area contributed by atoms with E-state index < -0.39 is 5.82 Å². The molecule has 1 unspecified atom stereocenters. The van der Waals surface area contributed by atoms with E-state index in [1.165, 1.54) is 25.3 Å². The van der Waals surface area contributed by atoms with E-state index in [0.29, 0.717) is 12.1 Å². The van der Waals surface area contributed by atoms with E-state index in [-0.39, 0.29) is 5.56 Å². The van der Waals surface area contributed by atoms with Crippen molar-refractivity contribution in [2.75, 3.05) is 13.1 Å². The van der Waals surface area contributed by atoms with Crippen LogP contribution >= 0.6 is 0 Å². The van der Waals surface area contributed by atoms with Gasteiger partial charge in [0.05, 0.1) is 5.56 Å². The van der Waals surface area contributed by atoms with E-state index in [9.17, 15) is 4.39 Å². The standard InChI is InChI=1S/C17H24FN3/c1-13(2)21(12-16-5-3-4-8-20-16)11-14-6-7-17(18)15(9-14)10-19/h6-7,9,13,16,20H,3-5,8,11-12H2,1-2H3. The van der Waals surface area contributed by atoms with Crippen LogP contribution in [0.5, 0.6) is 0 Å². The number of nitriles is 1. The van der Waals surface area contributed by atoms with Gasteiger partial charge in [0.2, 0.25) is 0 Å². The first-order valence-electron chi connectivity index (χ1n) is 7.76. The number of nitrogens with zero attached hydrogens (tertiary/aromatic N) is 2. The maximum atomic E-state index is 13.4. The van der Waals surface area contributed by atoms with Gasteiger partial charge in [-0.2, -0.15) is 5.26 Å². The van der Waals surface area contributed by atoms with Gasteiger partial charge in [-0.15, -0.1) is 0 Å². The molecule has 1 fully saturated rings. The molecular weight excluding hydrogens is 265 g/mol. The van der Waals surface area contributed by atoms with E-state index in [1.54, 1.807) is 12.1 Å². The predicted octanol–water partition coefficient (Wildman–Crippen LogP) is 3.05. The first kappa shape index (κ1) is 15.9. The van der Waals surface area contributed by atoms with Gasteiger partial charge in [-0.25, -0.2) is 4.39 Å². The highest BCUT2D eigenvalue weighted by molar-refractivity contribution is 5.34. The van der Waals surface area contributed by atoms with Crippen LogP contribution in [-0.2, 0) is 6.54 Å². The first-order chi connectivity index (χ1) is 10.1. The van der Waals surface area contributed by atoms with Gasteiger partial charge in [0.15, 0.2) is 0 Å². The third-order valence-corrected chi connectivity index (χ3v) is 4.13. The van der Waals surface area contributed by atoms with Crippen LogP contribution in [0.4, 0.5) is 4.39 Å². The van der Waals surface area contributed by atoms with E-state index >= 15 is 0 Å². The maximum absolute atomic E-state index is 13.4. The fraction of sp³-hybridized carbons (Fsp3) is 0.588. The Bertz CT molecular complexity index is 501. The number of halogens is 1. The summed E-state index contributed by atoms with van der Waals surface area (Å²) in [6.07, 6.45) is 3.77. The molecule has 1 atom stereocenters. The lowest BCUT2D eigenvalue weighted by Crippen LogP contribution is -2.45. The number of nitrogens with one attached hydrogen (secondary N) is 1. The molecule has 0 spiro atoms. The molecule has 0 aromatic heterocycles. The van der Waals surface area contributed by atoms with Gasteiger partial charge in [-0.1, -0.05) is 12.5 Å². The lowest BCUT2D eigenvalue weighted by atomic mass is 10.0. The molecule has 3 nitrogen and oxygen atoms in total. The highest BCUT2D eigenvalue weighted by Gasteiger charge is 2.19. The quantitative estimate of drug-likeness (QED) is 0.905. The summed E-state index contributed by atoms with van der Waals surface area (Å²) < 4.78 is 13.4. The zero-order chi connectivity index (χ0) is 15.2. The second-order valence-corrected chi connectivity index (χ2v) is 6.10. The summed E-state index contributed by atoms with van der Waals surface area (Å²) in [5.41, 5.74) is 1.13. The van der Waals surface area contributed by atoms with Crippen molar-refractivity contribution in [3.63, 3.8) is 0 Å². The Kier molecular flexibility index (Phi) is 5.72. The van der Waals surface area contributed by atoms with Crippen LogP contribution in [0.15, 0.2) is 18.2 Å². The van der Waals surface area contributed by atoms with Crippen molar-refractivity contribution < 1.29 is 4.39 Å². The molecule has 0 radical (unpaired) electrons. The molecule has 0 amide bonds. The van der Waals surface area contributed by atoms with Gasteiger partial charge in [0.1, 0.15) is 11.9 Å². The summed E-state index contributed by atoms with van der Waals surface area (Å²) in [7, 11) is 0. The summed E-state index contributed by atoms with van der Waals surface area (Å²) in [6, 6.07) is 7.71. The van der Waals surface area contributed by atoms with E-state index in [4.69, 9.17) is 5.26 Å². The number of rotatable bonds is 5. The SMILES string of the molecule is CC(C)N(Cc1ccc(F)c(C#N)c1)CC1CCCCN1. The Labute approximate surface area is 126 Å². The zero-order valence-electron chi connectivity index (χ0n) is 12.9. The van der Waals surface area contributed by atoms with Crippen molar-refractivity contribution in [2.45, 2.75) is 51.7 Å². The average Bonchev–Trinajstić information content (AvgIpc) is 2.49. The molecule has 1 aliphatic rings. The summed E-state index contributed by atoms with van der Waals surface area (Å²) in [5.74, 6) is -0.439. The van der Waals surface area contributed by atoms with E-state index in [0.717, 1.165) is 25.2 Å². The minimum atomic E-state index is -0.439. The van der Waals surface area contributed by atoms with Crippen LogP contribution < -0.4 is 5.32 Å². The van der Waals surface area contributed by atoms with Crippen molar-refractivity contribution >= 4 is 0 Å². The molecule has 4 heteroatoms. The van der Waals surface area contributed by atoms with Gasteiger partial charge in [0.25, 0.3) is 0 Å². The largest absolute Gasteiger partial charge is 0.313 e. The first-order valence-corrected chi connectivity index (χ1v) is 7.76. The molecule has 1 heterocycles. The molecule has 0 bridgehead atoms. The normalized spacial score (nSPS) is 19.0. The molecule has 2 rings (SSSR count). The Morgan fingerprint density at radius 1 is 1.43 bits per heavy atom. The lowest BCUT2D eigenvalue weighted by molar-refractivity contribution is 0.177. The highest BCUT2D eigenvalue weighted by atomic mass is 19.1. The number of hydrogen-bond acceptors (Lipinski definition) is 3. The Morgan fingerprint density at radius 3 is 2.86 bits per heavy atom. The molecule has 114 valence electrons. The van der Waals surface area contributed by atoms with Crippen molar-refractivity contribution in [3.05, 3.63) is 35.1 Å². The van der Waals surface area contributed by atoms with Crippen molar-refractivity contribution in [3.8, 4) is 6.07 Å². The number of piperidine rings is 1. The second-order valence-electron chi connectivity index (χ2n) is 6.10. The molecule has 1 aromatic carbocycles. The highest BCUT2D eigenvalue weighted by Crippen LogP contribution is 2.16. The molecule has 1 aliphatic heterocycles. The van der Waals surface area contributed by atoms with Crippen molar-refractivity contribution in [2.24, 2.45) is 0 Å². The third-order valence-electron chi connectivity index (χ3n) is 4.13. The third kappa shape index (κ3) is 4.52. The summed E-state index contributed by atoms with van der Waals surface area (Å²) in [6.45, 7) is 7.21. The van der Waals surface area contributed by atoms with Crippen molar-refractivity contribution in [1.82, 2.24) is 10.2 Å². The predicted molar refractivity (Wildman–Crippen MR) is 82.3 cm³/mol. The van der Waals surface area contributed by atoms with Crippen LogP contribution in [0.3, 0.4) is 0 Å². The van der Waals surface area contributed by atoms with Gasteiger partial charge >= 0.3 is 0 Å². The Hall–Kier alpha value is -1.44. The van der Waals surface area contributed by atoms with Gasteiger partial charge < -0.3 is 5.32 Å².